The summed E-state index contributed by atoms with van der Waals surface area (Å²) in [4.78, 5) is 12.2. The summed E-state index contributed by atoms with van der Waals surface area (Å²) in [6.45, 7) is 0. The second kappa shape index (κ2) is 8.53. The van der Waals surface area contributed by atoms with Crippen LogP contribution in [0.15, 0.2) is 35.7 Å². The SMILES string of the molecule is O=C(CSc1nncn1-c1cccc(Cl)c1)NC1CCCCCC1. The largest absolute Gasteiger partial charge is 0.353 e. The molecule has 0 saturated heterocycles. The van der Waals surface area contributed by atoms with Crippen LogP contribution in [0, 0.1) is 0 Å². The Hall–Kier alpha value is -1.53. The Labute approximate surface area is 151 Å². The predicted molar refractivity (Wildman–Crippen MR) is 96.7 cm³/mol. The third-order valence-corrected chi connectivity index (χ3v) is 5.33. The van der Waals surface area contributed by atoms with Crippen molar-refractivity contribution in [2.24, 2.45) is 0 Å². The third kappa shape index (κ3) is 4.74. The van der Waals surface area contributed by atoms with Gasteiger partial charge in [0.05, 0.1) is 11.4 Å². The number of hydrogen-bond acceptors (Lipinski definition) is 4. The van der Waals surface area contributed by atoms with Crippen molar-refractivity contribution in [1.29, 1.82) is 0 Å². The quantitative estimate of drug-likeness (QED) is 0.646. The van der Waals surface area contributed by atoms with Gasteiger partial charge in [-0.25, -0.2) is 0 Å². The van der Waals surface area contributed by atoms with Gasteiger partial charge in [0, 0.05) is 11.1 Å². The van der Waals surface area contributed by atoms with E-state index in [1.807, 2.05) is 28.8 Å². The van der Waals surface area contributed by atoms with E-state index in [0.717, 1.165) is 18.5 Å². The molecule has 1 amide bonds. The van der Waals surface area contributed by atoms with Crippen LogP contribution in [0.1, 0.15) is 38.5 Å². The van der Waals surface area contributed by atoms with E-state index in [2.05, 4.69) is 15.5 Å². The number of hydrogen-bond donors (Lipinski definition) is 1. The molecule has 1 fully saturated rings. The first-order chi connectivity index (χ1) is 11.7. The van der Waals surface area contributed by atoms with Gasteiger partial charge in [0.25, 0.3) is 0 Å². The number of amides is 1. The van der Waals surface area contributed by atoms with Gasteiger partial charge in [-0.05, 0) is 31.0 Å². The molecule has 0 aliphatic heterocycles. The second-order valence-electron chi connectivity index (χ2n) is 6.01. The lowest BCUT2D eigenvalue weighted by Crippen LogP contribution is -2.35. The first-order valence-electron chi connectivity index (χ1n) is 8.30. The number of carbonyl (C=O) groups excluding carboxylic acids is 1. The molecule has 1 N–H and O–H groups in total. The van der Waals surface area contributed by atoms with Crippen LogP contribution in [0.3, 0.4) is 0 Å². The molecule has 1 aliphatic rings. The molecule has 1 aromatic carbocycles. The van der Waals surface area contributed by atoms with E-state index < -0.39 is 0 Å². The van der Waals surface area contributed by atoms with Crippen LogP contribution < -0.4 is 5.32 Å². The predicted octanol–water partition coefficient (Wildman–Crippen LogP) is 3.85. The smallest absolute Gasteiger partial charge is 0.230 e. The molecule has 0 atom stereocenters. The number of nitrogens with one attached hydrogen (secondary N) is 1. The summed E-state index contributed by atoms with van der Waals surface area (Å²) in [7, 11) is 0. The molecular weight excluding hydrogens is 344 g/mol. The molecule has 3 rings (SSSR count). The maximum absolute atomic E-state index is 12.2. The molecule has 1 heterocycles. The molecule has 5 nitrogen and oxygen atoms in total. The van der Waals surface area contributed by atoms with E-state index in [-0.39, 0.29) is 5.91 Å². The van der Waals surface area contributed by atoms with Crippen LogP contribution in [-0.4, -0.2) is 32.5 Å². The first-order valence-corrected chi connectivity index (χ1v) is 9.67. The minimum atomic E-state index is 0.0625. The fourth-order valence-corrected chi connectivity index (χ4v) is 3.87. The minimum Gasteiger partial charge on any atom is -0.353 e. The Morgan fingerprint density at radius 2 is 2.08 bits per heavy atom. The molecule has 2 aromatic rings. The number of rotatable bonds is 5. The average molecular weight is 365 g/mol. The van der Waals surface area contributed by atoms with Crippen molar-refractivity contribution in [2.75, 3.05) is 5.75 Å². The number of benzene rings is 1. The fourth-order valence-electron chi connectivity index (χ4n) is 2.95. The Kier molecular flexibility index (Phi) is 6.15. The highest BCUT2D eigenvalue weighted by Gasteiger charge is 2.16. The van der Waals surface area contributed by atoms with Gasteiger partial charge in [0.15, 0.2) is 5.16 Å². The highest BCUT2D eigenvalue weighted by atomic mass is 35.5. The minimum absolute atomic E-state index is 0.0625. The molecule has 0 unspecified atom stereocenters. The Bertz CT molecular complexity index is 683. The van der Waals surface area contributed by atoms with E-state index in [1.165, 1.54) is 37.4 Å². The second-order valence-corrected chi connectivity index (χ2v) is 7.39. The van der Waals surface area contributed by atoms with Crippen LogP contribution in [0.2, 0.25) is 5.02 Å². The molecule has 128 valence electrons. The van der Waals surface area contributed by atoms with Crippen LogP contribution >= 0.6 is 23.4 Å². The third-order valence-electron chi connectivity index (χ3n) is 4.16. The van der Waals surface area contributed by atoms with Gasteiger partial charge < -0.3 is 5.32 Å². The summed E-state index contributed by atoms with van der Waals surface area (Å²) in [5.74, 6) is 0.406. The van der Waals surface area contributed by atoms with Crippen LogP contribution in [0.25, 0.3) is 5.69 Å². The molecule has 0 radical (unpaired) electrons. The highest BCUT2D eigenvalue weighted by molar-refractivity contribution is 7.99. The summed E-state index contributed by atoms with van der Waals surface area (Å²) < 4.78 is 1.84. The number of carbonyl (C=O) groups is 1. The molecule has 24 heavy (non-hydrogen) atoms. The summed E-state index contributed by atoms with van der Waals surface area (Å²) in [5.41, 5.74) is 0.888. The van der Waals surface area contributed by atoms with E-state index in [1.54, 1.807) is 6.33 Å². The van der Waals surface area contributed by atoms with Gasteiger partial charge in [-0.3, -0.25) is 9.36 Å². The van der Waals surface area contributed by atoms with Crippen molar-refractivity contribution < 1.29 is 4.79 Å². The van der Waals surface area contributed by atoms with Gasteiger partial charge in [0.2, 0.25) is 5.91 Å². The monoisotopic (exact) mass is 364 g/mol. The van der Waals surface area contributed by atoms with E-state index in [0.29, 0.717) is 22.0 Å². The number of aromatic nitrogens is 3. The summed E-state index contributed by atoms with van der Waals surface area (Å²) in [6.07, 6.45) is 8.80. The molecule has 1 aliphatic carbocycles. The molecular formula is C17H21ClN4OS. The van der Waals surface area contributed by atoms with Crippen LogP contribution in [-0.2, 0) is 4.79 Å². The van der Waals surface area contributed by atoms with Crippen molar-refractivity contribution >= 4 is 29.3 Å². The van der Waals surface area contributed by atoms with Gasteiger partial charge >= 0.3 is 0 Å². The zero-order valence-electron chi connectivity index (χ0n) is 13.4. The first kappa shape index (κ1) is 17.3. The van der Waals surface area contributed by atoms with E-state index in [4.69, 9.17) is 11.6 Å². The van der Waals surface area contributed by atoms with Crippen molar-refractivity contribution in [3.63, 3.8) is 0 Å². The van der Waals surface area contributed by atoms with Crippen LogP contribution in [0.5, 0.6) is 0 Å². The molecule has 7 heteroatoms. The standard InChI is InChI=1S/C17H21ClN4OS/c18-13-6-5-9-15(10-13)22-12-19-21-17(22)24-11-16(23)20-14-7-3-1-2-4-8-14/h5-6,9-10,12,14H,1-4,7-8,11H2,(H,20,23). The lowest BCUT2D eigenvalue weighted by atomic mass is 10.1. The van der Waals surface area contributed by atoms with Crippen molar-refractivity contribution in [3.8, 4) is 5.69 Å². The number of thioether (sulfide) groups is 1. The summed E-state index contributed by atoms with van der Waals surface area (Å²) in [5, 5.41) is 12.6. The number of halogens is 1. The zero-order chi connectivity index (χ0) is 16.8. The zero-order valence-corrected chi connectivity index (χ0v) is 15.0. The molecule has 1 saturated carbocycles. The lowest BCUT2D eigenvalue weighted by molar-refractivity contribution is -0.119. The average Bonchev–Trinajstić information content (AvgIpc) is 2.90. The topological polar surface area (TPSA) is 59.8 Å². The Balaban J connectivity index is 1.57. The maximum Gasteiger partial charge on any atom is 0.230 e. The highest BCUT2D eigenvalue weighted by Crippen LogP contribution is 2.22. The lowest BCUT2D eigenvalue weighted by Gasteiger charge is -2.15. The Morgan fingerprint density at radius 3 is 2.83 bits per heavy atom. The summed E-state index contributed by atoms with van der Waals surface area (Å²) >= 11 is 7.43. The van der Waals surface area contributed by atoms with Crippen molar-refractivity contribution in [3.05, 3.63) is 35.6 Å². The van der Waals surface area contributed by atoms with Crippen molar-refractivity contribution in [2.45, 2.75) is 49.7 Å². The van der Waals surface area contributed by atoms with E-state index in [9.17, 15) is 4.79 Å². The van der Waals surface area contributed by atoms with Gasteiger partial charge in [-0.1, -0.05) is 55.1 Å². The maximum atomic E-state index is 12.2. The van der Waals surface area contributed by atoms with Gasteiger partial charge in [-0.2, -0.15) is 0 Å². The molecule has 0 spiro atoms. The van der Waals surface area contributed by atoms with E-state index >= 15 is 0 Å². The normalized spacial score (nSPS) is 15.9. The number of nitrogens with zero attached hydrogens (tertiary/aromatic N) is 3. The van der Waals surface area contributed by atoms with Crippen LogP contribution in [0.4, 0.5) is 0 Å². The fraction of sp³-hybridized carbons (Fsp3) is 0.471. The van der Waals surface area contributed by atoms with Gasteiger partial charge in [-0.15, -0.1) is 10.2 Å². The van der Waals surface area contributed by atoms with Crippen molar-refractivity contribution in [1.82, 2.24) is 20.1 Å². The molecule has 0 bridgehead atoms. The molecule has 1 aromatic heterocycles. The van der Waals surface area contributed by atoms with Gasteiger partial charge in [0.1, 0.15) is 6.33 Å². The summed E-state index contributed by atoms with van der Waals surface area (Å²) in [6, 6.07) is 7.81. The Morgan fingerprint density at radius 1 is 1.29 bits per heavy atom.